The molecule has 0 bridgehead atoms. The summed E-state index contributed by atoms with van der Waals surface area (Å²) >= 11 is 0. The minimum absolute atomic E-state index is 0.567. The first-order valence-corrected chi connectivity index (χ1v) is 8.23. The van der Waals surface area contributed by atoms with E-state index >= 15 is 0 Å². The first-order chi connectivity index (χ1) is 11.6. The van der Waals surface area contributed by atoms with Gasteiger partial charge in [0.15, 0.2) is 11.5 Å². The molecule has 0 saturated carbocycles. The van der Waals surface area contributed by atoms with Crippen LogP contribution in [0.2, 0.25) is 0 Å². The molecule has 24 heavy (non-hydrogen) atoms. The van der Waals surface area contributed by atoms with Crippen molar-refractivity contribution in [2.45, 2.75) is 19.4 Å². The average Bonchev–Trinajstić information content (AvgIpc) is 3.10. The molecule has 0 atom stereocenters. The predicted octanol–water partition coefficient (Wildman–Crippen LogP) is 0.529. The molecule has 0 radical (unpaired) electrons. The fraction of sp³-hybridized carbons (Fsp3) is 0.500. The molecule has 1 saturated heterocycles. The molecular formula is C16H22N8. The normalized spacial score (nSPS) is 15.4. The Morgan fingerprint density at radius 3 is 2.79 bits per heavy atom. The van der Waals surface area contributed by atoms with Gasteiger partial charge in [-0.05, 0) is 32.2 Å². The number of anilines is 1. The molecule has 3 aromatic rings. The van der Waals surface area contributed by atoms with Crippen molar-refractivity contribution in [3.8, 4) is 0 Å². The maximum atomic E-state index is 4.64. The summed E-state index contributed by atoms with van der Waals surface area (Å²) in [6.07, 6.45) is 2.88. The van der Waals surface area contributed by atoms with Crippen LogP contribution in [-0.4, -0.2) is 67.2 Å². The largest absolute Gasteiger partial charge is 0.352 e. The lowest BCUT2D eigenvalue weighted by atomic mass is 10.1. The Kier molecular flexibility index (Phi) is 3.68. The Morgan fingerprint density at radius 2 is 2.04 bits per heavy atom. The fourth-order valence-electron chi connectivity index (χ4n) is 3.10. The molecule has 8 nitrogen and oxygen atoms in total. The number of likely N-dealkylation sites (N-methyl/N-ethyl adjacent to an activating group) is 1. The summed E-state index contributed by atoms with van der Waals surface area (Å²) < 4.78 is 3.75. The number of aromatic nitrogens is 6. The van der Waals surface area contributed by atoms with E-state index in [0.29, 0.717) is 6.04 Å². The second kappa shape index (κ2) is 5.86. The van der Waals surface area contributed by atoms with E-state index in [1.165, 1.54) is 5.69 Å². The molecule has 0 unspecified atom stereocenters. The van der Waals surface area contributed by atoms with Gasteiger partial charge in [-0.2, -0.15) is 9.61 Å². The third-order valence-electron chi connectivity index (χ3n) is 4.86. The Balaban J connectivity index is 1.34. The topological polar surface area (TPSA) is 67.4 Å². The lowest BCUT2D eigenvalue weighted by Crippen LogP contribution is -2.59. The van der Waals surface area contributed by atoms with Crippen LogP contribution in [0.4, 0.5) is 5.82 Å². The monoisotopic (exact) mass is 326 g/mol. The zero-order valence-corrected chi connectivity index (χ0v) is 14.3. The van der Waals surface area contributed by atoms with Gasteiger partial charge in [-0.1, -0.05) is 0 Å². The quantitative estimate of drug-likeness (QED) is 0.681. The molecule has 0 amide bonds. The summed E-state index contributed by atoms with van der Waals surface area (Å²) in [4.78, 5) is 4.72. The number of aryl methyl sites for hydroxylation is 2. The van der Waals surface area contributed by atoms with Crippen LogP contribution in [-0.2, 0) is 13.5 Å². The van der Waals surface area contributed by atoms with Gasteiger partial charge in [0.05, 0.1) is 0 Å². The van der Waals surface area contributed by atoms with Crippen molar-refractivity contribution in [3.05, 3.63) is 35.9 Å². The van der Waals surface area contributed by atoms with Crippen molar-refractivity contribution in [1.82, 2.24) is 34.5 Å². The first kappa shape index (κ1) is 15.1. The second-order valence-corrected chi connectivity index (χ2v) is 6.44. The molecule has 0 N–H and O–H groups in total. The van der Waals surface area contributed by atoms with E-state index in [9.17, 15) is 0 Å². The molecule has 0 aliphatic carbocycles. The highest BCUT2D eigenvalue weighted by Gasteiger charge is 2.31. The molecule has 126 valence electrons. The lowest BCUT2D eigenvalue weighted by molar-refractivity contribution is 0.205. The third-order valence-corrected chi connectivity index (χ3v) is 4.86. The van der Waals surface area contributed by atoms with Crippen molar-refractivity contribution in [3.63, 3.8) is 0 Å². The van der Waals surface area contributed by atoms with Crippen molar-refractivity contribution >= 4 is 11.5 Å². The Bertz CT molecular complexity index is 845. The zero-order valence-electron chi connectivity index (χ0n) is 14.3. The Hall–Kier alpha value is -2.48. The van der Waals surface area contributed by atoms with E-state index < -0.39 is 0 Å². The van der Waals surface area contributed by atoms with E-state index in [2.05, 4.69) is 43.3 Å². The van der Waals surface area contributed by atoms with Crippen molar-refractivity contribution in [2.24, 2.45) is 7.05 Å². The van der Waals surface area contributed by atoms with Crippen LogP contribution in [0.25, 0.3) is 5.65 Å². The van der Waals surface area contributed by atoms with E-state index in [1.54, 1.807) is 4.52 Å². The van der Waals surface area contributed by atoms with Crippen LogP contribution in [0, 0.1) is 6.92 Å². The van der Waals surface area contributed by atoms with Gasteiger partial charge in [-0.3, -0.25) is 9.58 Å². The fourth-order valence-corrected chi connectivity index (χ4v) is 3.10. The van der Waals surface area contributed by atoms with Crippen LogP contribution in [0.3, 0.4) is 0 Å². The number of nitrogens with zero attached hydrogens (tertiary/aromatic N) is 8. The highest BCUT2D eigenvalue weighted by atomic mass is 15.4. The zero-order chi connectivity index (χ0) is 16.7. The summed E-state index contributed by atoms with van der Waals surface area (Å²) in [6, 6.07) is 6.65. The highest BCUT2D eigenvalue weighted by molar-refractivity contribution is 5.47. The van der Waals surface area contributed by atoms with Gasteiger partial charge in [0.2, 0.25) is 0 Å². The maximum Gasteiger partial charge on any atom is 0.178 e. The van der Waals surface area contributed by atoms with E-state index in [-0.39, 0.29) is 0 Å². The van der Waals surface area contributed by atoms with Gasteiger partial charge in [-0.15, -0.1) is 15.3 Å². The van der Waals surface area contributed by atoms with Gasteiger partial charge in [0.25, 0.3) is 0 Å². The molecular weight excluding hydrogens is 304 g/mol. The van der Waals surface area contributed by atoms with Gasteiger partial charge >= 0.3 is 0 Å². The third kappa shape index (κ3) is 2.62. The standard InChI is InChI=1S/C16H22N8/c1-12-18-19-15-4-5-16(20-24(12)15)23-10-14(11-23)21(2)9-7-13-6-8-17-22(13)3/h4-6,8,14H,7,9-11H2,1-3H3. The van der Waals surface area contributed by atoms with Gasteiger partial charge < -0.3 is 4.90 Å². The molecule has 3 aromatic heterocycles. The number of rotatable bonds is 5. The molecule has 8 heteroatoms. The van der Waals surface area contributed by atoms with Crippen molar-refractivity contribution < 1.29 is 0 Å². The molecule has 0 aromatic carbocycles. The molecule has 1 aliphatic rings. The molecule has 1 aliphatic heterocycles. The lowest BCUT2D eigenvalue weighted by Gasteiger charge is -2.44. The van der Waals surface area contributed by atoms with Crippen LogP contribution >= 0.6 is 0 Å². The molecule has 1 fully saturated rings. The van der Waals surface area contributed by atoms with Crippen molar-refractivity contribution in [2.75, 3.05) is 31.6 Å². The van der Waals surface area contributed by atoms with Crippen molar-refractivity contribution in [1.29, 1.82) is 0 Å². The Morgan fingerprint density at radius 1 is 1.21 bits per heavy atom. The predicted molar refractivity (Wildman–Crippen MR) is 91.1 cm³/mol. The van der Waals surface area contributed by atoms with Crippen LogP contribution in [0.1, 0.15) is 11.5 Å². The van der Waals surface area contributed by atoms with Crippen LogP contribution < -0.4 is 4.90 Å². The Labute approximate surface area is 140 Å². The number of hydrogen-bond acceptors (Lipinski definition) is 6. The van der Waals surface area contributed by atoms with E-state index in [1.807, 2.05) is 37.0 Å². The number of hydrogen-bond donors (Lipinski definition) is 0. The van der Waals surface area contributed by atoms with E-state index in [0.717, 1.165) is 43.3 Å². The minimum Gasteiger partial charge on any atom is -0.352 e. The average molecular weight is 326 g/mol. The van der Waals surface area contributed by atoms with Gasteiger partial charge in [0, 0.05) is 51.0 Å². The van der Waals surface area contributed by atoms with Crippen LogP contribution in [0.5, 0.6) is 0 Å². The first-order valence-electron chi connectivity index (χ1n) is 8.23. The summed E-state index contributed by atoms with van der Waals surface area (Å²) in [5, 5.41) is 17.0. The summed E-state index contributed by atoms with van der Waals surface area (Å²) in [5.74, 6) is 1.80. The second-order valence-electron chi connectivity index (χ2n) is 6.44. The SMILES string of the molecule is Cc1nnc2ccc(N3CC(N(C)CCc4ccnn4C)C3)nn12. The van der Waals surface area contributed by atoms with Gasteiger partial charge in [-0.25, -0.2) is 0 Å². The smallest absolute Gasteiger partial charge is 0.178 e. The molecule has 0 spiro atoms. The minimum atomic E-state index is 0.567. The summed E-state index contributed by atoms with van der Waals surface area (Å²) in [5.41, 5.74) is 2.06. The van der Waals surface area contributed by atoms with Crippen LogP contribution in [0.15, 0.2) is 24.4 Å². The molecule has 4 rings (SSSR count). The summed E-state index contributed by atoms with van der Waals surface area (Å²) in [7, 11) is 4.19. The van der Waals surface area contributed by atoms with E-state index in [4.69, 9.17) is 0 Å². The maximum absolute atomic E-state index is 4.64. The highest BCUT2D eigenvalue weighted by Crippen LogP contribution is 2.21. The number of fused-ring (bicyclic) bond motifs is 1. The molecule has 4 heterocycles. The summed E-state index contributed by atoms with van der Waals surface area (Å²) in [6.45, 7) is 4.96. The van der Waals surface area contributed by atoms with Gasteiger partial charge in [0.1, 0.15) is 5.82 Å².